The van der Waals surface area contributed by atoms with E-state index in [0.29, 0.717) is 18.6 Å². The van der Waals surface area contributed by atoms with E-state index in [1.54, 1.807) is 18.9 Å². The molecule has 32 heavy (non-hydrogen) atoms. The Kier molecular flexibility index (Phi) is 10.0. The molecule has 0 aliphatic carbocycles. The summed E-state index contributed by atoms with van der Waals surface area (Å²) >= 11 is 1.66. The summed E-state index contributed by atoms with van der Waals surface area (Å²) in [5, 5.41) is 13.6. The largest absolute Gasteiger partial charge is 0.497 e. The molecule has 0 fully saturated rings. The first kappa shape index (κ1) is 25.2. The van der Waals surface area contributed by atoms with Crippen LogP contribution < -0.4 is 0 Å². The lowest BCUT2D eigenvalue weighted by Crippen LogP contribution is -2.02. The minimum atomic E-state index is -0.778. The molecule has 0 unspecified atom stereocenters. The average Bonchev–Trinajstić information content (AvgIpc) is 3.17. The molecule has 1 aromatic heterocycles. The van der Waals surface area contributed by atoms with Gasteiger partial charge in [-0.2, -0.15) is 5.10 Å². The second kappa shape index (κ2) is 12.7. The maximum absolute atomic E-state index is 10.8. The van der Waals surface area contributed by atoms with E-state index in [2.05, 4.69) is 12.6 Å². The molecule has 1 heterocycles. The quantitative estimate of drug-likeness (QED) is 0.195. The highest BCUT2D eigenvalue weighted by Gasteiger charge is 2.11. The fraction of sp³-hybridized carbons (Fsp3) is 0.320. The molecular weight excluding hydrogens is 422 g/mol. The van der Waals surface area contributed by atoms with Crippen molar-refractivity contribution in [1.29, 1.82) is 0 Å². The lowest BCUT2D eigenvalue weighted by molar-refractivity contribution is -0.136. The molecule has 7 heteroatoms. The van der Waals surface area contributed by atoms with Crippen molar-refractivity contribution in [3.05, 3.63) is 83.7 Å². The van der Waals surface area contributed by atoms with Crippen molar-refractivity contribution in [3.63, 3.8) is 0 Å². The Morgan fingerprint density at radius 1 is 1.34 bits per heavy atom. The van der Waals surface area contributed by atoms with Crippen LogP contribution in [0.5, 0.6) is 0 Å². The predicted molar refractivity (Wildman–Crippen MR) is 130 cm³/mol. The Labute approximate surface area is 194 Å². The molecule has 0 saturated carbocycles. The second-order valence-electron chi connectivity index (χ2n) is 7.20. The molecule has 0 amide bonds. The second-order valence-corrected chi connectivity index (χ2v) is 8.25. The third-order valence-corrected chi connectivity index (χ3v) is 5.71. The van der Waals surface area contributed by atoms with Crippen LogP contribution in [0.1, 0.15) is 43.0 Å². The Morgan fingerprint density at radius 3 is 2.75 bits per heavy atom. The van der Waals surface area contributed by atoms with Gasteiger partial charge in [-0.3, -0.25) is 4.79 Å². The zero-order valence-electron chi connectivity index (χ0n) is 19.2. The number of nitrogens with zero attached hydrogens (tertiary/aromatic N) is 3. The Balaban J connectivity index is 2.15. The molecule has 2 aromatic rings. The van der Waals surface area contributed by atoms with Crippen LogP contribution in [0.3, 0.4) is 0 Å². The molecule has 0 aliphatic heterocycles. The normalized spacial score (nSPS) is 12.4. The molecule has 1 N–H and O–H groups in total. The van der Waals surface area contributed by atoms with E-state index in [0.717, 1.165) is 39.1 Å². The maximum Gasteiger partial charge on any atom is 0.303 e. The lowest BCUT2D eigenvalue weighted by Gasteiger charge is -2.07. The Bertz CT molecular complexity index is 1040. The van der Waals surface area contributed by atoms with Crippen molar-refractivity contribution in [3.8, 4) is 0 Å². The molecule has 2 rings (SSSR count). The zero-order chi connectivity index (χ0) is 23.5. The van der Waals surface area contributed by atoms with Crippen LogP contribution in [-0.4, -0.2) is 33.0 Å². The number of carbonyl (C=O) groups is 1. The molecule has 6 nitrogen and oxygen atoms in total. The van der Waals surface area contributed by atoms with Crippen molar-refractivity contribution in [1.82, 2.24) is 14.8 Å². The van der Waals surface area contributed by atoms with Gasteiger partial charge in [0.05, 0.1) is 12.9 Å². The van der Waals surface area contributed by atoms with Crippen molar-refractivity contribution in [2.75, 3.05) is 7.11 Å². The number of hydrogen-bond acceptors (Lipinski definition) is 5. The smallest absolute Gasteiger partial charge is 0.303 e. The van der Waals surface area contributed by atoms with E-state index < -0.39 is 5.97 Å². The number of methoxy groups -OCH3 is 1. The summed E-state index contributed by atoms with van der Waals surface area (Å²) in [5.74, 6) is 2.20. The molecule has 0 atom stereocenters. The molecule has 0 radical (unpaired) electrons. The van der Waals surface area contributed by atoms with Gasteiger partial charge in [0.1, 0.15) is 11.6 Å². The van der Waals surface area contributed by atoms with Crippen LogP contribution in [0, 0.1) is 6.92 Å². The summed E-state index contributed by atoms with van der Waals surface area (Å²) in [6.45, 7) is 9.77. The SMILES string of the molecule is C=CCc1nc(CSc2ccc(CCC(=O)O)c(C)c2)nn1/C(C)=C/C=C(\C=C/C)OC. The number of aryl methyl sites for hydroxylation is 2. The molecular formula is C25H31N3O3S. The van der Waals surface area contributed by atoms with Crippen LogP contribution in [0.2, 0.25) is 0 Å². The number of benzene rings is 1. The van der Waals surface area contributed by atoms with Gasteiger partial charge < -0.3 is 9.84 Å². The number of rotatable bonds is 12. The number of hydrogen-bond donors (Lipinski definition) is 1. The van der Waals surface area contributed by atoms with Gasteiger partial charge in [-0.25, -0.2) is 9.67 Å². The summed E-state index contributed by atoms with van der Waals surface area (Å²) in [7, 11) is 1.64. The minimum absolute atomic E-state index is 0.142. The zero-order valence-corrected chi connectivity index (χ0v) is 20.0. The lowest BCUT2D eigenvalue weighted by atomic mass is 10.0. The van der Waals surface area contributed by atoms with E-state index in [1.165, 1.54) is 0 Å². The highest BCUT2D eigenvalue weighted by molar-refractivity contribution is 7.98. The summed E-state index contributed by atoms with van der Waals surface area (Å²) < 4.78 is 7.17. The van der Waals surface area contributed by atoms with E-state index in [4.69, 9.17) is 19.9 Å². The van der Waals surface area contributed by atoms with E-state index in [1.807, 2.05) is 68.0 Å². The van der Waals surface area contributed by atoms with Crippen LogP contribution in [-0.2, 0) is 28.1 Å². The van der Waals surface area contributed by atoms with E-state index in [9.17, 15) is 4.79 Å². The summed E-state index contributed by atoms with van der Waals surface area (Å²) in [4.78, 5) is 16.6. The third kappa shape index (κ3) is 7.57. The molecule has 0 bridgehead atoms. The number of aromatic nitrogens is 3. The van der Waals surface area contributed by atoms with Crippen LogP contribution in [0.25, 0.3) is 5.70 Å². The highest BCUT2D eigenvalue weighted by atomic mass is 32.2. The number of carboxylic acids is 1. The molecule has 0 saturated heterocycles. The Hall–Kier alpha value is -3.06. The van der Waals surface area contributed by atoms with E-state index >= 15 is 0 Å². The van der Waals surface area contributed by atoms with Gasteiger partial charge in [0.15, 0.2) is 5.82 Å². The van der Waals surface area contributed by atoms with Gasteiger partial charge in [0.25, 0.3) is 0 Å². The van der Waals surface area contributed by atoms with E-state index in [-0.39, 0.29) is 6.42 Å². The van der Waals surface area contributed by atoms with Gasteiger partial charge in [-0.15, -0.1) is 18.3 Å². The fourth-order valence-electron chi connectivity index (χ4n) is 3.05. The average molecular weight is 454 g/mol. The van der Waals surface area contributed by atoms with Gasteiger partial charge in [0.2, 0.25) is 0 Å². The summed E-state index contributed by atoms with van der Waals surface area (Å²) in [6, 6.07) is 6.13. The monoisotopic (exact) mass is 453 g/mol. The van der Waals surface area contributed by atoms with Crippen molar-refractivity contribution in [2.24, 2.45) is 0 Å². The first-order chi connectivity index (χ1) is 15.4. The highest BCUT2D eigenvalue weighted by Crippen LogP contribution is 2.25. The number of aliphatic carboxylic acids is 1. The fourth-order valence-corrected chi connectivity index (χ4v) is 3.90. The number of thioether (sulfide) groups is 1. The van der Waals surface area contributed by atoms with Gasteiger partial charge >= 0.3 is 5.97 Å². The van der Waals surface area contributed by atoms with Gasteiger partial charge in [0, 0.05) is 23.4 Å². The van der Waals surface area contributed by atoms with Gasteiger partial charge in [-0.05, 0) is 68.7 Å². The molecule has 0 aliphatic rings. The summed E-state index contributed by atoms with van der Waals surface area (Å²) in [5.41, 5.74) is 3.10. The third-order valence-electron chi connectivity index (χ3n) is 4.72. The van der Waals surface area contributed by atoms with Crippen LogP contribution >= 0.6 is 11.8 Å². The summed E-state index contributed by atoms with van der Waals surface area (Å²) in [6.07, 6.45) is 10.8. The van der Waals surface area contributed by atoms with Crippen molar-refractivity contribution >= 4 is 23.4 Å². The molecule has 170 valence electrons. The predicted octanol–water partition coefficient (Wildman–Crippen LogP) is 5.59. The number of ether oxygens (including phenoxy) is 1. The molecule has 0 spiro atoms. The standard InChI is InChI=1S/C25H31N3O3S/c1-6-8-21(31-5)13-10-19(4)28-24(9-7-2)26-23(27-28)17-32-22-14-11-20(18(3)16-22)12-15-25(29)30/h6-8,10-11,13-14,16H,2,9,12,15,17H2,1,3-5H3,(H,29,30)/b8-6-,19-10+,21-13+. The van der Waals surface area contributed by atoms with Crippen LogP contribution in [0.4, 0.5) is 0 Å². The van der Waals surface area contributed by atoms with Gasteiger partial charge in [-0.1, -0.05) is 18.2 Å². The number of carboxylic acid groups (broad SMARTS) is 1. The minimum Gasteiger partial charge on any atom is -0.497 e. The van der Waals surface area contributed by atoms with Crippen molar-refractivity contribution in [2.45, 2.75) is 50.7 Å². The maximum atomic E-state index is 10.8. The topological polar surface area (TPSA) is 77.2 Å². The van der Waals surface area contributed by atoms with Crippen LogP contribution in [0.15, 0.2) is 65.8 Å². The Morgan fingerprint density at radius 2 is 2.12 bits per heavy atom. The number of allylic oxidation sites excluding steroid dienone is 6. The first-order valence-corrected chi connectivity index (χ1v) is 11.4. The first-order valence-electron chi connectivity index (χ1n) is 10.4. The van der Waals surface area contributed by atoms with Crippen molar-refractivity contribution < 1.29 is 14.6 Å². The molecule has 1 aromatic carbocycles.